The Balaban J connectivity index is 1.43. The van der Waals surface area contributed by atoms with Crippen LogP contribution in [0.4, 0.5) is 11.4 Å². The fraction of sp³-hybridized carbons (Fsp3) is 0.192. The monoisotopic (exact) mass is 549 g/mol. The number of halogens is 1. The van der Waals surface area contributed by atoms with Crippen molar-refractivity contribution in [2.45, 2.75) is 12.6 Å². The number of hydrogen-bond donors (Lipinski definition) is 2. The molecule has 0 saturated carbocycles. The zero-order valence-corrected chi connectivity index (χ0v) is 21.1. The van der Waals surface area contributed by atoms with E-state index in [1.807, 2.05) is 54.7 Å². The minimum Gasteiger partial charge on any atom is -0.472 e. The van der Waals surface area contributed by atoms with Crippen molar-refractivity contribution < 1.29 is 18.7 Å². The number of amides is 2. The molecule has 3 heterocycles. The summed E-state index contributed by atoms with van der Waals surface area (Å²) >= 11 is 3.47. The third kappa shape index (κ3) is 4.77. The van der Waals surface area contributed by atoms with Gasteiger partial charge in [0.1, 0.15) is 12.3 Å². The van der Waals surface area contributed by atoms with Gasteiger partial charge in [-0.1, -0.05) is 22.0 Å². The molecule has 2 amide bonds. The summed E-state index contributed by atoms with van der Waals surface area (Å²) in [6.07, 6.45) is 5.81. The molecule has 1 aliphatic rings. The van der Waals surface area contributed by atoms with E-state index in [-0.39, 0.29) is 12.5 Å². The zero-order valence-electron chi connectivity index (χ0n) is 19.5. The minimum atomic E-state index is -0.577. The van der Waals surface area contributed by atoms with Crippen LogP contribution in [0.1, 0.15) is 17.4 Å². The number of aromatic nitrogens is 2. The second-order valence-electron chi connectivity index (χ2n) is 8.26. The Hall–Kier alpha value is -3.89. The average molecular weight is 550 g/mol. The van der Waals surface area contributed by atoms with Gasteiger partial charge >= 0.3 is 0 Å². The summed E-state index contributed by atoms with van der Waals surface area (Å²) in [7, 11) is 1.80. The van der Waals surface area contributed by atoms with Crippen LogP contribution in [0.2, 0.25) is 0 Å². The second kappa shape index (κ2) is 10.4. The van der Waals surface area contributed by atoms with Gasteiger partial charge in [0.05, 0.1) is 29.6 Å². The Labute approximate surface area is 216 Å². The predicted octanol–water partition coefficient (Wildman–Crippen LogP) is 4.60. The molecule has 1 saturated heterocycles. The van der Waals surface area contributed by atoms with Gasteiger partial charge in [-0.25, -0.2) is 4.68 Å². The van der Waals surface area contributed by atoms with Gasteiger partial charge in [-0.3, -0.25) is 9.59 Å². The summed E-state index contributed by atoms with van der Waals surface area (Å²) in [5.41, 5.74) is 5.69. The second-order valence-corrected chi connectivity index (χ2v) is 9.17. The molecule has 1 aliphatic heterocycles. The third-order valence-corrected chi connectivity index (χ3v) is 6.60. The molecule has 9 nitrogen and oxygen atoms in total. The van der Waals surface area contributed by atoms with E-state index in [9.17, 15) is 9.59 Å². The first kappa shape index (κ1) is 23.8. The highest BCUT2D eigenvalue weighted by Crippen LogP contribution is 2.36. The van der Waals surface area contributed by atoms with Gasteiger partial charge in [0, 0.05) is 35.4 Å². The molecule has 0 spiro atoms. The van der Waals surface area contributed by atoms with Crippen molar-refractivity contribution in [3.63, 3.8) is 0 Å². The summed E-state index contributed by atoms with van der Waals surface area (Å²) in [6, 6.07) is 15.4. The van der Waals surface area contributed by atoms with Crippen LogP contribution in [0.5, 0.6) is 0 Å². The van der Waals surface area contributed by atoms with Gasteiger partial charge in [0.2, 0.25) is 6.41 Å². The molecule has 36 heavy (non-hydrogen) atoms. The summed E-state index contributed by atoms with van der Waals surface area (Å²) < 4.78 is 14.0. The largest absolute Gasteiger partial charge is 0.472 e. The molecular weight excluding hydrogens is 526 g/mol. The number of nitrogens with one attached hydrogen (secondary N) is 2. The lowest BCUT2D eigenvalue weighted by Gasteiger charge is -2.23. The number of anilines is 2. The van der Waals surface area contributed by atoms with E-state index in [1.165, 1.54) is 0 Å². The van der Waals surface area contributed by atoms with Crippen molar-refractivity contribution in [3.8, 4) is 16.9 Å². The summed E-state index contributed by atoms with van der Waals surface area (Å²) in [4.78, 5) is 25.4. The molecular formula is C26H24BrN5O4. The first-order valence-electron chi connectivity index (χ1n) is 11.4. The fourth-order valence-corrected chi connectivity index (χ4v) is 4.53. The van der Waals surface area contributed by atoms with Crippen molar-refractivity contribution in [2.75, 3.05) is 30.8 Å². The molecule has 0 radical (unpaired) electrons. The van der Waals surface area contributed by atoms with E-state index < -0.39 is 6.23 Å². The SMILES string of the molecule is CNc1cc(CCN2C(=O)CO[C@H]2c2cn(-c3ccc(Br)cc3)nc2-c2ccoc2)ccc1NC=O. The number of nitrogens with zero attached hydrogens (tertiary/aromatic N) is 3. The molecule has 10 heteroatoms. The summed E-state index contributed by atoms with van der Waals surface area (Å²) in [5, 5.41) is 10.6. The maximum atomic E-state index is 12.8. The quantitative estimate of drug-likeness (QED) is 0.296. The van der Waals surface area contributed by atoms with Crippen LogP contribution >= 0.6 is 15.9 Å². The topological polar surface area (TPSA) is 102 Å². The molecule has 0 aliphatic carbocycles. The Morgan fingerprint density at radius 2 is 2.00 bits per heavy atom. The molecule has 4 aromatic rings. The van der Waals surface area contributed by atoms with Gasteiger partial charge in [-0.15, -0.1) is 0 Å². The van der Waals surface area contributed by atoms with Crippen LogP contribution in [-0.2, 0) is 20.7 Å². The Kier molecular flexibility index (Phi) is 6.88. The van der Waals surface area contributed by atoms with E-state index in [0.29, 0.717) is 30.8 Å². The molecule has 1 fully saturated rings. The Morgan fingerprint density at radius 3 is 2.72 bits per heavy atom. The van der Waals surface area contributed by atoms with Gasteiger partial charge in [0.15, 0.2) is 6.23 Å². The molecule has 2 aromatic heterocycles. The van der Waals surface area contributed by atoms with Crippen LogP contribution in [-0.4, -0.2) is 47.2 Å². The van der Waals surface area contributed by atoms with Crippen LogP contribution in [0, 0.1) is 0 Å². The highest BCUT2D eigenvalue weighted by Gasteiger charge is 2.36. The van der Waals surface area contributed by atoms with Crippen molar-refractivity contribution in [1.82, 2.24) is 14.7 Å². The Bertz CT molecular complexity index is 1370. The van der Waals surface area contributed by atoms with E-state index in [0.717, 1.165) is 32.5 Å². The Morgan fingerprint density at radius 1 is 1.17 bits per heavy atom. The lowest BCUT2D eigenvalue weighted by atomic mass is 10.1. The number of carbonyl (C=O) groups is 2. The molecule has 0 unspecified atom stereocenters. The van der Waals surface area contributed by atoms with E-state index in [1.54, 1.807) is 29.2 Å². The van der Waals surface area contributed by atoms with Crippen LogP contribution in [0.3, 0.4) is 0 Å². The lowest BCUT2D eigenvalue weighted by Crippen LogP contribution is -2.30. The number of hydrogen-bond acceptors (Lipinski definition) is 6. The predicted molar refractivity (Wildman–Crippen MR) is 139 cm³/mol. The molecule has 184 valence electrons. The van der Waals surface area contributed by atoms with Gasteiger partial charge in [0.25, 0.3) is 5.91 Å². The highest BCUT2D eigenvalue weighted by molar-refractivity contribution is 9.10. The van der Waals surface area contributed by atoms with Crippen molar-refractivity contribution in [2.24, 2.45) is 0 Å². The van der Waals surface area contributed by atoms with Crippen molar-refractivity contribution >= 4 is 39.6 Å². The fourth-order valence-electron chi connectivity index (χ4n) is 4.26. The lowest BCUT2D eigenvalue weighted by molar-refractivity contribution is -0.128. The van der Waals surface area contributed by atoms with Gasteiger partial charge in [-0.05, 0) is 54.4 Å². The molecule has 5 rings (SSSR count). The van der Waals surface area contributed by atoms with Crippen LogP contribution in [0.15, 0.2) is 76.1 Å². The van der Waals surface area contributed by atoms with Gasteiger partial charge in [-0.2, -0.15) is 5.10 Å². The number of furan rings is 1. The minimum absolute atomic E-state index is 0.00289. The van der Waals surface area contributed by atoms with E-state index in [2.05, 4.69) is 26.6 Å². The molecule has 2 aromatic carbocycles. The smallest absolute Gasteiger partial charge is 0.250 e. The van der Waals surface area contributed by atoms with Gasteiger partial charge < -0.3 is 24.7 Å². The van der Waals surface area contributed by atoms with Crippen LogP contribution in [0.25, 0.3) is 16.9 Å². The normalized spacial score (nSPS) is 15.3. The maximum absolute atomic E-state index is 12.8. The standard InChI is InChI=1S/C26H24BrN5O4/c1-28-23-12-17(2-7-22(23)29-16-33)8-10-31-24(34)15-36-26(31)21-13-32(20-5-3-19(27)4-6-20)30-25(21)18-9-11-35-14-18/h2-7,9,11-14,16,26,28H,8,10,15H2,1H3,(H,29,33)/t26-/m0/s1. The van der Waals surface area contributed by atoms with E-state index in [4.69, 9.17) is 14.3 Å². The highest BCUT2D eigenvalue weighted by atomic mass is 79.9. The molecule has 1 atom stereocenters. The molecule has 2 N–H and O–H groups in total. The summed E-state index contributed by atoms with van der Waals surface area (Å²) in [5.74, 6) is -0.0809. The van der Waals surface area contributed by atoms with Crippen molar-refractivity contribution in [3.05, 3.63) is 82.9 Å². The molecule has 0 bridgehead atoms. The van der Waals surface area contributed by atoms with E-state index >= 15 is 0 Å². The summed E-state index contributed by atoms with van der Waals surface area (Å²) in [6.45, 7) is 0.463. The zero-order chi connectivity index (χ0) is 25.1. The number of ether oxygens (including phenoxy) is 1. The maximum Gasteiger partial charge on any atom is 0.250 e. The number of benzene rings is 2. The van der Waals surface area contributed by atoms with Crippen LogP contribution < -0.4 is 10.6 Å². The number of carbonyl (C=O) groups excluding carboxylic acids is 2. The number of rotatable bonds is 9. The first-order valence-corrected chi connectivity index (χ1v) is 12.2. The first-order chi connectivity index (χ1) is 17.6. The average Bonchev–Trinajstić information content (AvgIpc) is 3.64. The third-order valence-electron chi connectivity index (χ3n) is 6.07. The van der Waals surface area contributed by atoms with Crippen molar-refractivity contribution in [1.29, 1.82) is 0 Å².